The average molecular weight is 327 g/mol. The highest BCUT2D eigenvalue weighted by Gasteiger charge is 2.12. The fraction of sp³-hybridized carbons (Fsp3) is 0.118. The first-order valence-electron chi connectivity index (χ1n) is 7.07. The van der Waals surface area contributed by atoms with Gasteiger partial charge in [0.2, 0.25) is 0 Å². The average Bonchev–Trinajstić information content (AvgIpc) is 2.56. The fourth-order valence-corrected chi connectivity index (χ4v) is 1.90. The zero-order chi connectivity index (χ0) is 17.5. The minimum atomic E-state index is -0.890. The van der Waals surface area contributed by atoms with Gasteiger partial charge in [0.15, 0.2) is 11.5 Å². The largest absolute Gasteiger partial charge is 0.504 e. The summed E-state index contributed by atoms with van der Waals surface area (Å²) in [6.07, 6.45) is 1.33. The van der Waals surface area contributed by atoms with E-state index in [9.17, 15) is 14.7 Å². The summed E-state index contributed by atoms with van der Waals surface area (Å²) in [5.74, 6) is -1.43. The summed E-state index contributed by atoms with van der Waals surface area (Å²) in [6.45, 7) is 1.88. The Morgan fingerprint density at radius 3 is 2.67 bits per heavy atom. The van der Waals surface area contributed by atoms with Crippen LogP contribution in [0.25, 0.3) is 0 Å². The van der Waals surface area contributed by atoms with E-state index < -0.39 is 11.8 Å². The summed E-state index contributed by atoms with van der Waals surface area (Å²) >= 11 is 0. The molecule has 0 atom stereocenters. The molecule has 0 heterocycles. The third kappa shape index (κ3) is 4.57. The Morgan fingerprint density at radius 2 is 1.96 bits per heavy atom. The number of rotatable bonds is 4. The van der Waals surface area contributed by atoms with Crippen LogP contribution < -0.4 is 15.5 Å². The quantitative estimate of drug-likeness (QED) is 0.453. The van der Waals surface area contributed by atoms with Crippen LogP contribution in [0.1, 0.15) is 11.1 Å². The Bertz CT molecular complexity index is 787. The van der Waals surface area contributed by atoms with Gasteiger partial charge in [0, 0.05) is 5.69 Å². The number of amides is 2. The number of nitrogens with zero attached hydrogens (tertiary/aromatic N) is 1. The number of anilines is 1. The fourth-order valence-electron chi connectivity index (χ4n) is 1.90. The molecule has 0 radical (unpaired) electrons. The minimum absolute atomic E-state index is 0.00350. The van der Waals surface area contributed by atoms with Crippen LogP contribution in [0.3, 0.4) is 0 Å². The van der Waals surface area contributed by atoms with Crippen molar-refractivity contribution in [3.63, 3.8) is 0 Å². The molecule has 2 rings (SSSR count). The second-order valence-corrected chi connectivity index (χ2v) is 4.95. The Labute approximate surface area is 139 Å². The van der Waals surface area contributed by atoms with E-state index in [1.165, 1.54) is 25.5 Å². The molecule has 24 heavy (non-hydrogen) atoms. The molecule has 0 aliphatic rings. The highest BCUT2D eigenvalue weighted by atomic mass is 16.5. The molecule has 0 aliphatic carbocycles. The normalized spacial score (nSPS) is 10.4. The number of hydrogen-bond acceptors (Lipinski definition) is 5. The molecule has 0 spiro atoms. The van der Waals surface area contributed by atoms with Crippen molar-refractivity contribution in [1.82, 2.24) is 5.43 Å². The van der Waals surface area contributed by atoms with Crippen molar-refractivity contribution in [2.75, 3.05) is 12.4 Å². The van der Waals surface area contributed by atoms with Gasteiger partial charge in [-0.15, -0.1) is 0 Å². The van der Waals surface area contributed by atoms with Gasteiger partial charge in [-0.05, 0) is 48.4 Å². The number of ether oxygens (including phenoxy) is 1. The number of nitrogens with one attached hydrogen (secondary N) is 2. The monoisotopic (exact) mass is 327 g/mol. The SMILES string of the molecule is COc1cc(/C=N/NC(=O)C(=O)Nc2cccc(C)c2)ccc1O. The summed E-state index contributed by atoms with van der Waals surface area (Å²) < 4.78 is 4.96. The highest BCUT2D eigenvalue weighted by molar-refractivity contribution is 6.39. The lowest BCUT2D eigenvalue weighted by Gasteiger charge is -2.05. The standard InChI is InChI=1S/C17H17N3O4/c1-11-4-3-5-13(8-11)19-16(22)17(23)20-18-10-12-6-7-14(21)15(9-12)24-2/h3-10,21H,1-2H3,(H,19,22)(H,20,23)/b18-10+. The predicted molar refractivity (Wildman–Crippen MR) is 90.2 cm³/mol. The Kier molecular flexibility index (Phi) is 5.51. The van der Waals surface area contributed by atoms with Crippen LogP contribution in [0.5, 0.6) is 11.5 Å². The van der Waals surface area contributed by atoms with E-state index in [1.807, 2.05) is 13.0 Å². The Morgan fingerprint density at radius 1 is 1.17 bits per heavy atom. The second-order valence-electron chi connectivity index (χ2n) is 4.95. The third-order valence-corrected chi connectivity index (χ3v) is 3.07. The molecule has 0 aliphatic heterocycles. The molecule has 2 aromatic carbocycles. The van der Waals surface area contributed by atoms with Gasteiger partial charge in [0.25, 0.3) is 0 Å². The van der Waals surface area contributed by atoms with Crippen molar-refractivity contribution in [1.29, 1.82) is 0 Å². The first kappa shape index (κ1) is 17.0. The number of hydrogen-bond donors (Lipinski definition) is 3. The molecular weight excluding hydrogens is 310 g/mol. The first-order chi connectivity index (χ1) is 11.5. The molecule has 7 heteroatoms. The van der Waals surface area contributed by atoms with Crippen LogP contribution >= 0.6 is 0 Å². The molecule has 0 aromatic heterocycles. The zero-order valence-electron chi connectivity index (χ0n) is 13.2. The van der Waals surface area contributed by atoms with E-state index in [-0.39, 0.29) is 11.5 Å². The molecule has 0 saturated carbocycles. The second kappa shape index (κ2) is 7.77. The van der Waals surface area contributed by atoms with Gasteiger partial charge in [-0.3, -0.25) is 9.59 Å². The van der Waals surface area contributed by atoms with Crippen LogP contribution in [-0.4, -0.2) is 30.2 Å². The maximum atomic E-state index is 11.8. The number of benzene rings is 2. The number of carbonyl (C=O) groups excluding carboxylic acids is 2. The summed E-state index contributed by atoms with van der Waals surface area (Å²) in [6, 6.07) is 11.6. The first-order valence-corrected chi connectivity index (χ1v) is 7.07. The lowest BCUT2D eigenvalue weighted by atomic mass is 10.2. The minimum Gasteiger partial charge on any atom is -0.504 e. The van der Waals surface area contributed by atoms with E-state index in [1.54, 1.807) is 24.3 Å². The Balaban J connectivity index is 1.93. The van der Waals surface area contributed by atoms with Crippen LogP contribution in [0, 0.1) is 6.92 Å². The van der Waals surface area contributed by atoms with Crippen molar-refractivity contribution in [2.24, 2.45) is 5.10 Å². The molecule has 2 amide bonds. The van der Waals surface area contributed by atoms with Crippen LogP contribution in [0.15, 0.2) is 47.6 Å². The van der Waals surface area contributed by atoms with Gasteiger partial charge in [0.1, 0.15) is 0 Å². The number of phenols is 1. The number of phenolic OH excluding ortho intramolecular Hbond substituents is 1. The molecule has 0 bridgehead atoms. The van der Waals surface area contributed by atoms with Crippen LogP contribution in [0.2, 0.25) is 0 Å². The highest BCUT2D eigenvalue weighted by Crippen LogP contribution is 2.25. The zero-order valence-corrected chi connectivity index (χ0v) is 13.2. The molecule has 7 nitrogen and oxygen atoms in total. The topological polar surface area (TPSA) is 100 Å². The summed E-state index contributed by atoms with van der Waals surface area (Å²) in [5.41, 5.74) is 4.22. The van der Waals surface area contributed by atoms with Crippen molar-refractivity contribution in [3.05, 3.63) is 53.6 Å². The molecule has 124 valence electrons. The van der Waals surface area contributed by atoms with Gasteiger partial charge in [0.05, 0.1) is 13.3 Å². The molecule has 0 fully saturated rings. The van der Waals surface area contributed by atoms with E-state index in [4.69, 9.17) is 4.74 Å². The smallest absolute Gasteiger partial charge is 0.329 e. The van der Waals surface area contributed by atoms with Gasteiger partial charge < -0.3 is 15.2 Å². The lowest BCUT2D eigenvalue weighted by Crippen LogP contribution is -2.32. The van der Waals surface area contributed by atoms with Gasteiger partial charge in [-0.2, -0.15) is 5.10 Å². The van der Waals surface area contributed by atoms with E-state index in [0.29, 0.717) is 11.3 Å². The summed E-state index contributed by atoms with van der Waals surface area (Å²) in [7, 11) is 1.42. The maximum Gasteiger partial charge on any atom is 0.329 e. The van der Waals surface area contributed by atoms with Crippen LogP contribution in [-0.2, 0) is 9.59 Å². The van der Waals surface area contributed by atoms with E-state index in [2.05, 4.69) is 15.8 Å². The Hall–Kier alpha value is -3.35. The van der Waals surface area contributed by atoms with Crippen molar-refractivity contribution in [2.45, 2.75) is 6.92 Å². The van der Waals surface area contributed by atoms with Crippen molar-refractivity contribution < 1.29 is 19.4 Å². The summed E-state index contributed by atoms with van der Waals surface area (Å²) in [4.78, 5) is 23.5. The van der Waals surface area contributed by atoms with Gasteiger partial charge in [-0.1, -0.05) is 12.1 Å². The number of aryl methyl sites for hydroxylation is 1. The maximum absolute atomic E-state index is 11.8. The predicted octanol–water partition coefficient (Wildman–Crippen LogP) is 1.80. The van der Waals surface area contributed by atoms with E-state index >= 15 is 0 Å². The molecule has 0 saturated heterocycles. The van der Waals surface area contributed by atoms with Crippen molar-refractivity contribution >= 4 is 23.7 Å². The lowest BCUT2D eigenvalue weighted by molar-refractivity contribution is -0.136. The molecular formula is C17H17N3O4. The van der Waals surface area contributed by atoms with Crippen molar-refractivity contribution in [3.8, 4) is 11.5 Å². The number of methoxy groups -OCH3 is 1. The van der Waals surface area contributed by atoms with Gasteiger partial charge in [-0.25, -0.2) is 5.43 Å². The van der Waals surface area contributed by atoms with Crippen LogP contribution in [0.4, 0.5) is 5.69 Å². The third-order valence-electron chi connectivity index (χ3n) is 3.07. The number of carbonyl (C=O) groups is 2. The molecule has 3 N–H and O–H groups in total. The number of aromatic hydroxyl groups is 1. The van der Waals surface area contributed by atoms with E-state index in [0.717, 1.165) is 5.56 Å². The number of hydrazone groups is 1. The molecule has 2 aromatic rings. The molecule has 0 unspecified atom stereocenters. The van der Waals surface area contributed by atoms with Gasteiger partial charge >= 0.3 is 11.8 Å². The summed E-state index contributed by atoms with van der Waals surface area (Å²) in [5, 5.41) is 15.7.